The van der Waals surface area contributed by atoms with Crippen molar-refractivity contribution in [3.8, 4) is 0 Å². The van der Waals surface area contributed by atoms with Crippen LogP contribution in [0.15, 0.2) is 60.7 Å². The molecule has 5 amide bonds. The molecule has 0 spiro atoms. The topological polar surface area (TPSA) is 128 Å². The van der Waals surface area contributed by atoms with Crippen molar-refractivity contribution in [2.75, 3.05) is 31.5 Å². The van der Waals surface area contributed by atoms with E-state index in [2.05, 4.69) is 51.2 Å². The quantitative estimate of drug-likeness (QED) is 0.327. The Morgan fingerprint density at radius 3 is 2.52 bits per heavy atom. The van der Waals surface area contributed by atoms with Crippen LogP contribution in [0.5, 0.6) is 0 Å². The van der Waals surface area contributed by atoms with Crippen LogP contribution in [0.1, 0.15) is 53.6 Å². The maximum absolute atomic E-state index is 12.9. The second-order valence-corrected chi connectivity index (χ2v) is 12.0. The molecule has 3 aromatic carbocycles. The first-order valence-electron chi connectivity index (χ1n) is 15.4. The monoisotopic (exact) mass is 595 g/mol. The molecule has 1 atom stereocenters. The number of likely N-dealkylation sites (tertiary alicyclic amines) is 1. The van der Waals surface area contributed by atoms with Gasteiger partial charge in [0.15, 0.2) is 0 Å². The van der Waals surface area contributed by atoms with Gasteiger partial charge >= 0.3 is 0 Å². The van der Waals surface area contributed by atoms with Gasteiger partial charge in [0.2, 0.25) is 23.6 Å². The molecule has 3 N–H and O–H groups in total. The number of fused-ring (bicyclic) bond motifs is 2. The highest BCUT2D eigenvalue weighted by molar-refractivity contribution is 6.05. The normalized spacial score (nSPS) is 19.1. The summed E-state index contributed by atoms with van der Waals surface area (Å²) in [5, 5.41) is 10.8. The maximum atomic E-state index is 12.9. The van der Waals surface area contributed by atoms with Crippen LogP contribution in [-0.4, -0.2) is 71.6 Å². The van der Waals surface area contributed by atoms with Crippen LogP contribution in [-0.2, 0) is 32.1 Å². The van der Waals surface area contributed by atoms with Crippen LogP contribution >= 0.6 is 0 Å². The predicted octanol–water partition coefficient (Wildman–Crippen LogP) is 3.00. The molecule has 0 aliphatic carbocycles. The first-order chi connectivity index (χ1) is 21.3. The van der Waals surface area contributed by atoms with Crippen LogP contribution in [0.3, 0.4) is 0 Å². The molecule has 6 rings (SSSR count). The highest BCUT2D eigenvalue weighted by Crippen LogP contribution is 2.30. The first kappa shape index (κ1) is 29.5. The number of nitrogens with one attached hydrogen (secondary N) is 3. The van der Waals surface area contributed by atoms with E-state index in [1.807, 2.05) is 12.1 Å². The third-order valence-corrected chi connectivity index (χ3v) is 8.95. The molecular formula is C34H37N5O5. The van der Waals surface area contributed by atoms with Gasteiger partial charge in [-0.25, -0.2) is 0 Å². The molecule has 1 unspecified atom stereocenters. The average Bonchev–Trinajstić information content (AvgIpc) is 3.33. The third kappa shape index (κ3) is 6.65. The highest BCUT2D eigenvalue weighted by Gasteiger charge is 2.39. The summed E-state index contributed by atoms with van der Waals surface area (Å²) in [5.74, 6) is -0.828. The number of amides is 5. The number of anilines is 1. The Hall–Kier alpha value is -4.57. The number of benzene rings is 3. The lowest BCUT2D eigenvalue weighted by molar-refractivity contribution is -0.137. The van der Waals surface area contributed by atoms with Crippen molar-refractivity contribution in [3.05, 3.63) is 77.4 Å². The molecule has 10 nitrogen and oxygen atoms in total. The van der Waals surface area contributed by atoms with Gasteiger partial charge in [-0.2, -0.15) is 0 Å². The van der Waals surface area contributed by atoms with E-state index in [1.54, 1.807) is 18.2 Å². The van der Waals surface area contributed by atoms with E-state index in [0.29, 0.717) is 37.2 Å². The smallest absolute Gasteiger partial charge is 0.255 e. The number of hydrogen-bond acceptors (Lipinski definition) is 6. The van der Waals surface area contributed by atoms with Gasteiger partial charge in [0.1, 0.15) is 6.04 Å². The molecule has 3 aliphatic heterocycles. The maximum Gasteiger partial charge on any atom is 0.255 e. The molecule has 0 radical (unpaired) electrons. The summed E-state index contributed by atoms with van der Waals surface area (Å²) in [6, 6.07) is 19.1. The first-order valence-corrected chi connectivity index (χ1v) is 15.4. The number of nitrogens with zero attached hydrogens (tertiary/aromatic N) is 2. The lowest BCUT2D eigenvalue weighted by Crippen LogP contribution is -2.52. The minimum Gasteiger partial charge on any atom is -0.355 e. The average molecular weight is 596 g/mol. The number of carbonyl (C=O) groups is 5. The zero-order valence-electron chi connectivity index (χ0n) is 24.6. The number of imide groups is 1. The van der Waals surface area contributed by atoms with Gasteiger partial charge < -0.3 is 15.5 Å². The molecular weight excluding hydrogens is 558 g/mol. The molecule has 228 valence electrons. The summed E-state index contributed by atoms with van der Waals surface area (Å²) in [5.41, 5.74) is 3.10. The second-order valence-electron chi connectivity index (χ2n) is 12.0. The Balaban J connectivity index is 0.920. The SMILES string of the molecule is O=C(CN1CCC(CC(=O)Nc2ccc3c(c2)CN(C2CCC(=O)NC2=O)C3=O)CC1)NCCc1cccc2ccccc12. The zero-order chi connectivity index (χ0) is 30.6. The molecule has 2 fully saturated rings. The molecule has 3 aromatic rings. The number of carbonyl (C=O) groups excluding carboxylic acids is 5. The van der Waals surface area contributed by atoms with Gasteiger partial charge in [-0.3, -0.25) is 34.2 Å². The van der Waals surface area contributed by atoms with Gasteiger partial charge in [-0.05, 0) is 84.8 Å². The number of piperidine rings is 2. The third-order valence-electron chi connectivity index (χ3n) is 8.95. The van der Waals surface area contributed by atoms with E-state index in [-0.39, 0.29) is 42.5 Å². The molecule has 0 bridgehead atoms. The molecule has 3 aliphatic rings. The van der Waals surface area contributed by atoms with Gasteiger partial charge in [-0.1, -0.05) is 42.5 Å². The highest BCUT2D eigenvalue weighted by atomic mass is 16.2. The zero-order valence-corrected chi connectivity index (χ0v) is 24.6. The summed E-state index contributed by atoms with van der Waals surface area (Å²) in [7, 11) is 0. The molecule has 2 saturated heterocycles. The molecule has 3 heterocycles. The van der Waals surface area contributed by atoms with Crippen molar-refractivity contribution < 1.29 is 24.0 Å². The van der Waals surface area contributed by atoms with E-state index >= 15 is 0 Å². The summed E-state index contributed by atoms with van der Waals surface area (Å²) >= 11 is 0. The summed E-state index contributed by atoms with van der Waals surface area (Å²) in [6.07, 6.45) is 3.37. The van der Waals surface area contributed by atoms with Crippen molar-refractivity contribution in [3.63, 3.8) is 0 Å². The summed E-state index contributed by atoms with van der Waals surface area (Å²) < 4.78 is 0. The predicted molar refractivity (Wildman–Crippen MR) is 166 cm³/mol. The largest absolute Gasteiger partial charge is 0.355 e. The van der Waals surface area contributed by atoms with Gasteiger partial charge in [0.25, 0.3) is 5.91 Å². The van der Waals surface area contributed by atoms with Crippen LogP contribution in [0.25, 0.3) is 10.8 Å². The Morgan fingerprint density at radius 1 is 0.909 bits per heavy atom. The summed E-state index contributed by atoms with van der Waals surface area (Å²) in [4.78, 5) is 65.8. The number of hydrogen-bond donors (Lipinski definition) is 3. The van der Waals surface area contributed by atoms with E-state index < -0.39 is 11.9 Å². The van der Waals surface area contributed by atoms with Crippen molar-refractivity contribution >= 4 is 46.0 Å². The van der Waals surface area contributed by atoms with Crippen molar-refractivity contribution in [1.29, 1.82) is 0 Å². The fraction of sp³-hybridized carbons (Fsp3) is 0.382. The number of rotatable bonds is 9. The van der Waals surface area contributed by atoms with Crippen molar-refractivity contribution in [1.82, 2.24) is 20.4 Å². The molecule has 0 aromatic heterocycles. The fourth-order valence-corrected chi connectivity index (χ4v) is 6.58. The van der Waals surface area contributed by atoms with E-state index in [9.17, 15) is 24.0 Å². The Morgan fingerprint density at radius 2 is 1.70 bits per heavy atom. The summed E-state index contributed by atoms with van der Waals surface area (Å²) in [6.45, 7) is 2.75. The Kier molecular flexibility index (Phi) is 8.70. The van der Waals surface area contributed by atoms with E-state index in [1.165, 1.54) is 21.2 Å². The Labute approximate surface area is 256 Å². The van der Waals surface area contributed by atoms with E-state index in [0.717, 1.165) is 37.9 Å². The minimum absolute atomic E-state index is 0.0210. The lowest BCUT2D eigenvalue weighted by atomic mass is 9.93. The second kappa shape index (κ2) is 13.0. The lowest BCUT2D eigenvalue weighted by Gasteiger charge is -2.31. The fourth-order valence-electron chi connectivity index (χ4n) is 6.58. The van der Waals surface area contributed by atoms with E-state index in [4.69, 9.17) is 0 Å². The minimum atomic E-state index is -0.669. The van der Waals surface area contributed by atoms with Gasteiger partial charge in [0, 0.05) is 37.2 Å². The van der Waals surface area contributed by atoms with Crippen LogP contribution in [0.4, 0.5) is 5.69 Å². The Bertz CT molecular complexity index is 1610. The van der Waals surface area contributed by atoms with Crippen LogP contribution in [0, 0.1) is 5.92 Å². The van der Waals surface area contributed by atoms with Gasteiger partial charge in [0.05, 0.1) is 6.54 Å². The molecule has 44 heavy (non-hydrogen) atoms. The van der Waals surface area contributed by atoms with Gasteiger partial charge in [-0.15, -0.1) is 0 Å². The van der Waals surface area contributed by atoms with Crippen molar-refractivity contribution in [2.24, 2.45) is 5.92 Å². The molecule has 0 saturated carbocycles. The van der Waals surface area contributed by atoms with Crippen LogP contribution < -0.4 is 16.0 Å². The standard InChI is InChI=1S/C34H37N5O5/c40-30-11-10-29(33(43)37-30)39-20-25-19-26(8-9-28(25)34(39)44)36-31(41)18-22-13-16-38(17-14-22)21-32(42)35-15-12-24-6-3-5-23-4-1-2-7-27(23)24/h1-9,19,22,29H,10-18,20-21H2,(H,35,42)(H,36,41)(H,37,40,43). The van der Waals surface area contributed by atoms with Crippen molar-refractivity contribution in [2.45, 2.75) is 51.1 Å². The van der Waals surface area contributed by atoms with Crippen LogP contribution in [0.2, 0.25) is 0 Å². The molecule has 10 heteroatoms.